The van der Waals surface area contributed by atoms with Crippen LogP contribution < -0.4 is 20.4 Å². The summed E-state index contributed by atoms with van der Waals surface area (Å²) in [6.45, 7) is 0. The maximum absolute atomic E-state index is 12.8. The van der Waals surface area contributed by atoms with Gasteiger partial charge in [-0.15, -0.1) is 0 Å². The van der Waals surface area contributed by atoms with Crippen molar-refractivity contribution in [2.24, 2.45) is 0 Å². The molecule has 9 heteroatoms. The van der Waals surface area contributed by atoms with Gasteiger partial charge in [0.2, 0.25) is 4.96 Å². The second kappa shape index (κ2) is 8.06. The van der Waals surface area contributed by atoms with Crippen molar-refractivity contribution in [3.63, 3.8) is 0 Å². The Morgan fingerprint density at radius 3 is 2.69 bits per heavy atom. The standard InChI is InChI=1S/C20H13BrClN3O3S/c1-28-16-7-4-13(21)9-12(16)10-17-19(27)25-20(29-17)23-18(26)15(24-25)8-11-2-5-14(22)6-3-11/h2-7,9-10H,8H2,1H3/b17-10-. The minimum absolute atomic E-state index is 0.200. The van der Waals surface area contributed by atoms with Gasteiger partial charge < -0.3 is 4.74 Å². The van der Waals surface area contributed by atoms with Crippen molar-refractivity contribution < 1.29 is 4.74 Å². The van der Waals surface area contributed by atoms with Gasteiger partial charge in [-0.05, 0) is 42.0 Å². The Hall–Kier alpha value is -2.55. The summed E-state index contributed by atoms with van der Waals surface area (Å²) in [6, 6.07) is 12.6. The van der Waals surface area contributed by atoms with Crippen LogP contribution in [0.1, 0.15) is 16.8 Å². The molecular weight excluding hydrogens is 478 g/mol. The summed E-state index contributed by atoms with van der Waals surface area (Å²) in [5, 5.41) is 4.87. The average Bonchev–Trinajstić information content (AvgIpc) is 2.99. The van der Waals surface area contributed by atoms with Crippen LogP contribution in [0.2, 0.25) is 5.02 Å². The summed E-state index contributed by atoms with van der Waals surface area (Å²) >= 11 is 10.4. The molecule has 0 aliphatic rings. The van der Waals surface area contributed by atoms with Crippen LogP contribution >= 0.6 is 38.9 Å². The molecule has 2 heterocycles. The molecule has 2 aromatic carbocycles. The summed E-state index contributed by atoms with van der Waals surface area (Å²) < 4.78 is 7.79. The van der Waals surface area contributed by atoms with Gasteiger partial charge in [0.05, 0.1) is 11.6 Å². The topological polar surface area (TPSA) is 73.6 Å². The molecule has 6 nitrogen and oxygen atoms in total. The quantitative estimate of drug-likeness (QED) is 0.440. The first-order chi connectivity index (χ1) is 13.9. The van der Waals surface area contributed by atoms with Gasteiger partial charge >= 0.3 is 0 Å². The number of benzene rings is 2. The third-order valence-electron chi connectivity index (χ3n) is 4.21. The van der Waals surface area contributed by atoms with Crippen LogP contribution in [-0.2, 0) is 6.42 Å². The Labute approximate surface area is 182 Å². The lowest BCUT2D eigenvalue weighted by Gasteiger charge is -2.04. The Morgan fingerprint density at radius 2 is 1.97 bits per heavy atom. The van der Waals surface area contributed by atoms with Crippen LogP contribution in [0.15, 0.2) is 56.5 Å². The fourth-order valence-electron chi connectivity index (χ4n) is 2.81. The summed E-state index contributed by atoms with van der Waals surface area (Å²) in [5.74, 6) is 0.629. The summed E-state index contributed by atoms with van der Waals surface area (Å²) in [5.41, 5.74) is 1.000. The molecule has 0 atom stereocenters. The molecule has 29 heavy (non-hydrogen) atoms. The molecule has 0 fully saturated rings. The summed E-state index contributed by atoms with van der Waals surface area (Å²) in [4.78, 5) is 29.5. The highest BCUT2D eigenvalue weighted by atomic mass is 79.9. The van der Waals surface area contributed by atoms with Crippen molar-refractivity contribution in [3.8, 4) is 5.75 Å². The monoisotopic (exact) mass is 489 g/mol. The Kier molecular flexibility index (Phi) is 5.49. The lowest BCUT2D eigenvalue weighted by molar-refractivity contribution is 0.414. The van der Waals surface area contributed by atoms with Crippen molar-refractivity contribution in [2.45, 2.75) is 6.42 Å². The number of nitrogens with zero attached hydrogens (tertiary/aromatic N) is 3. The molecule has 0 aliphatic heterocycles. The van der Waals surface area contributed by atoms with E-state index in [0.29, 0.717) is 15.3 Å². The summed E-state index contributed by atoms with van der Waals surface area (Å²) in [7, 11) is 1.56. The van der Waals surface area contributed by atoms with Crippen molar-refractivity contribution in [2.75, 3.05) is 7.11 Å². The molecular formula is C20H13BrClN3O3S. The van der Waals surface area contributed by atoms with E-state index in [2.05, 4.69) is 26.0 Å². The van der Waals surface area contributed by atoms with Gasteiger partial charge in [0.15, 0.2) is 0 Å². The predicted molar refractivity (Wildman–Crippen MR) is 117 cm³/mol. The first kappa shape index (κ1) is 19.8. The van der Waals surface area contributed by atoms with Crippen LogP contribution in [0.5, 0.6) is 5.75 Å². The van der Waals surface area contributed by atoms with Gasteiger partial charge in [-0.2, -0.15) is 14.6 Å². The van der Waals surface area contributed by atoms with Gasteiger partial charge in [0.25, 0.3) is 11.1 Å². The van der Waals surface area contributed by atoms with E-state index in [1.165, 1.54) is 4.52 Å². The van der Waals surface area contributed by atoms with E-state index in [1.807, 2.05) is 24.3 Å². The third-order valence-corrected chi connectivity index (χ3v) is 5.92. The molecule has 0 bridgehead atoms. The van der Waals surface area contributed by atoms with Crippen molar-refractivity contribution >= 4 is 49.9 Å². The first-order valence-corrected chi connectivity index (χ1v) is 10.5. The molecule has 4 rings (SSSR count). The second-order valence-electron chi connectivity index (χ2n) is 6.16. The normalized spacial score (nSPS) is 11.9. The van der Waals surface area contributed by atoms with Crippen molar-refractivity contribution in [1.82, 2.24) is 14.6 Å². The summed E-state index contributed by atoms with van der Waals surface area (Å²) in [6.07, 6.45) is 1.97. The SMILES string of the molecule is COc1ccc(Br)cc1/C=c1\sc2nc(=O)c(Cc3ccc(Cl)cc3)nn2c1=O. The number of ether oxygens (including phenoxy) is 1. The van der Waals surface area contributed by atoms with Crippen LogP contribution in [0.25, 0.3) is 11.0 Å². The number of thiazole rings is 1. The maximum Gasteiger partial charge on any atom is 0.296 e. The van der Waals surface area contributed by atoms with Gasteiger partial charge in [-0.1, -0.05) is 51.0 Å². The number of hydrogen-bond acceptors (Lipinski definition) is 6. The smallest absolute Gasteiger partial charge is 0.296 e. The number of halogens is 2. The lowest BCUT2D eigenvalue weighted by atomic mass is 10.1. The zero-order chi connectivity index (χ0) is 20.5. The number of rotatable bonds is 4. The van der Waals surface area contributed by atoms with E-state index in [0.717, 1.165) is 26.9 Å². The molecule has 0 amide bonds. The Morgan fingerprint density at radius 1 is 1.21 bits per heavy atom. The Bertz CT molecular complexity index is 1380. The molecule has 146 valence electrons. The maximum atomic E-state index is 12.8. The van der Waals surface area contributed by atoms with E-state index in [-0.39, 0.29) is 22.6 Å². The zero-order valence-electron chi connectivity index (χ0n) is 15.1. The molecule has 0 saturated heterocycles. The average molecular weight is 491 g/mol. The largest absolute Gasteiger partial charge is 0.496 e. The van der Waals surface area contributed by atoms with Crippen molar-refractivity contribution in [3.05, 3.63) is 94.0 Å². The van der Waals surface area contributed by atoms with E-state index in [1.54, 1.807) is 31.4 Å². The molecule has 0 saturated carbocycles. The van der Waals surface area contributed by atoms with Crippen LogP contribution in [-0.4, -0.2) is 21.7 Å². The molecule has 0 unspecified atom stereocenters. The molecule has 0 aliphatic carbocycles. The van der Waals surface area contributed by atoms with E-state index < -0.39 is 5.56 Å². The number of fused-ring (bicyclic) bond motifs is 1. The molecule has 2 aromatic heterocycles. The van der Waals surface area contributed by atoms with Crippen LogP contribution in [0.4, 0.5) is 0 Å². The molecule has 4 aromatic rings. The molecule has 0 spiro atoms. The Balaban J connectivity index is 1.82. The fraction of sp³-hybridized carbons (Fsp3) is 0.100. The highest BCUT2D eigenvalue weighted by Gasteiger charge is 2.12. The molecule has 0 N–H and O–H groups in total. The molecule has 0 radical (unpaired) electrons. The second-order valence-corrected chi connectivity index (χ2v) is 8.52. The number of methoxy groups -OCH3 is 1. The highest BCUT2D eigenvalue weighted by Crippen LogP contribution is 2.23. The van der Waals surface area contributed by atoms with E-state index in [4.69, 9.17) is 16.3 Å². The van der Waals surface area contributed by atoms with Crippen LogP contribution in [0.3, 0.4) is 0 Å². The number of hydrogen-bond donors (Lipinski definition) is 0. The van der Waals surface area contributed by atoms with Gasteiger partial charge in [-0.3, -0.25) is 9.59 Å². The fourth-order valence-corrected chi connectivity index (χ4v) is 4.21. The minimum atomic E-state index is -0.451. The van der Waals surface area contributed by atoms with Gasteiger partial charge in [0.1, 0.15) is 11.4 Å². The highest BCUT2D eigenvalue weighted by molar-refractivity contribution is 9.10. The van der Waals surface area contributed by atoms with Crippen molar-refractivity contribution in [1.29, 1.82) is 0 Å². The third kappa shape index (κ3) is 4.10. The number of aromatic nitrogens is 3. The van der Waals surface area contributed by atoms with Gasteiger partial charge in [0, 0.05) is 21.5 Å². The first-order valence-electron chi connectivity index (χ1n) is 8.47. The van der Waals surface area contributed by atoms with Gasteiger partial charge in [-0.25, -0.2) is 0 Å². The van der Waals surface area contributed by atoms with E-state index >= 15 is 0 Å². The lowest BCUT2D eigenvalue weighted by Crippen LogP contribution is -2.28. The predicted octanol–water partition coefficient (Wildman–Crippen LogP) is 3.07. The van der Waals surface area contributed by atoms with E-state index in [9.17, 15) is 9.59 Å². The minimum Gasteiger partial charge on any atom is -0.496 e. The van der Waals surface area contributed by atoms with Crippen LogP contribution in [0, 0.1) is 0 Å². The zero-order valence-corrected chi connectivity index (χ0v) is 18.2.